The molecule has 24 heavy (non-hydrogen) atoms. The molecule has 0 bridgehead atoms. The molecule has 2 N–H and O–H groups in total. The third kappa shape index (κ3) is 2.19. The maximum Gasteiger partial charge on any atom is 0.434 e. The number of aryl methyl sites for hydroxylation is 1. The Balaban J connectivity index is 2.13. The number of halogens is 2. The lowest BCUT2D eigenvalue weighted by molar-refractivity contribution is 0.527. The molecular weight excluding hydrogens is 318 g/mol. The van der Waals surface area contributed by atoms with E-state index < -0.39 is 17.4 Å². The average molecular weight is 328 g/mol. The first kappa shape index (κ1) is 14.3. The average Bonchev–Trinajstić information content (AvgIpc) is 3.10. The van der Waals surface area contributed by atoms with Crippen molar-refractivity contribution in [3.8, 4) is 22.8 Å². The second-order valence-corrected chi connectivity index (χ2v) is 5.32. The van der Waals surface area contributed by atoms with Crippen molar-refractivity contribution in [1.82, 2.24) is 20.2 Å². The van der Waals surface area contributed by atoms with Crippen LogP contribution < -0.4 is 5.76 Å². The molecule has 0 aliphatic heterocycles. The van der Waals surface area contributed by atoms with Crippen LogP contribution in [0.1, 0.15) is 5.56 Å². The number of aromatic nitrogens is 4. The highest BCUT2D eigenvalue weighted by Gasteiger charge is 2.22. The molecule has 0 atom stereocenters. The minimum atomic E-state index is -0.764. The van der Waals surface area contributed by atoms with E-state index in [1.54, 1.807) is 18.3 Å². The van der Waals surface area contributed by atoms with Gasteiger partial charge in [0.2, 0.25) is 0 Å². The summed E-state index contributed by atoms with van der Waals surface area (Å²) in [5.74, 6) is -2.35. The number of fused-ring (bicyclic) bond motifs is 1. The van der Waals surface area contributed by atoms with Crippen LogP contribution in [0.5, 0.6) is 0 Å². The van der Waals surface area contributed by atoms with Gasteiger partial charge in [0.15, 0.2) is 0 Å². The summed E-state index contributed by atoms with van der Waals surface area (Å²) in [5.41, 5.74) is 2.15. The van der Waals surface area contributed by atoms with E-state index in [1.165, 1.54) is 0 Å². The summed E-state index contributed by atoms with van der Waals surface area (Å²) in [5, 5.41) is 6.14. The lowest BCUT2D eigenvalue weighted by Crippen LogP contribution is -1.93. The Bertz CT molecular complexity index is 1130. The predicted octanol–water partition coefficient (Wildman–Crippen LogP) is 3.16. The fourth-order valence-corrected chi connectivity index (χ4v) is 2.64. The molecule has 0 aliphatic carbocycles. The van der Waals surface area contributed by atoms with Gasteiger partial charge in [-0.2, -0.15) is 0 Å². The number of nitrogens with one attached hydrogen (secondary N) is 2. The summed E-state index contributed by atoms with van der Waals surface area (Å²) in [6, 6.07) is 5.50. The summed E-state index contributed by atoms with van der Waals surface area (Å²) < 4.78 is 32.8. The lowest BCUT2D eigenvalue weighted by Gasteiger charge is -2.01. The van der Waals surface area contributed by atoms with Gasteiger partial charge in [0.05, 0.1) is 22.5 Å². The van der Waals surface area contributed by atoms with Gasteiger partial charge >= 0.3 is 5.76 Å². The number of nitrogens with zero attached hydrogens (tertiary/aromatic N) is 2. The molecule has 0 unspecified atom stereocenters. The number of hydrogen-bond donors (Lipinski definition) is 2. The summed E-state index contributed by atoms with van der Waals surface area (Å²) in [4.78, 5) is 18.4. The zero-order valence-corrected chi connectivity index (χ0v) is 12.4. The van der Waals surface area contributed by atoms with E-state index in [1.807, 2.05) is 6.92 Å². The molecule has 3 heterocycles. The largest absolute Gasteiger partial charge is 0.434 e. The summed E-state index contributed by atoms with van der Waals surface area (Å²) in [7, 11) is 0. The van der Waals surface area contributed by atoms with E-state index in [0.29, 0.717) is 11.4 Å². The van der Waals surface area contributed by atoms with E-state index in [-0.39, 0.29) is 22.4 Å². The minimum Gasteiger partial charge on any atom is -0.388 e. The Morgan fingerprint density at radius 3 is 2.75 bits per heavy atom. The molecule has 6 nitrogen and oxygen atoms in total. The van der Waals surface area contributed by atoms with Crippen molar-refractivity contribution in [1.29, 1.82) is 0 Å². The highest BCUT2D eigenvalue weighted by molar-refractivity contribution is 6.01. The van der Waals surface area contributed by atoms with Crippen molar-refractivity contribution in [2.24, 2.45) is 0 Å². The van der Waals surface area contributed by atoms with Gasteiger partial charge in [-0.05, 0) is 30.7 Å². The summed E-state index contributed by atoms with van der Waals surface area (Å²) in [6.45, 7) is 1.88. The monoisotopic (exact) mass is 328 g/mol. The number of aromatic amines is 2. The van der Waals surface area contributed by atoms with E-state index in [9.17, 15) is 13.6 Å². The molecule has 3 aromatic heterocycles. The molecule has 0 spiro atoms. The van der Waals surface area contributed by atoms with Crippen molar-refractivity contribution < 1.29 is 13.2 Å². The Hall–Kier alpha value is -3.29. The van der Waals surface area contributed by atoms with Crippen LogP contribution in [0.3, 0.4) is 0 Å². The molecule has 0 amide bonds. The van der Waals surface area contributed by atoms with Gasteiger partial charge < -0.3 is 9.40 Å². The van der Waals surface area contributed by atoms with Gasteiger partial charge in [-0.3, -0.25) is 4.98 Å². The van der Waals surface area contributed by atoms with Gasteiger partial charge in [-0.1, -0.05) is 0 Å². The van der Waals surface area contributed by atoms with Gasteiger partial charge in [-0.25, -0.2) is 18.7 Å². The van der Waals surface area contributed by atoms with E-state index in [4.69, 9.17) is 4.42 Å². The summed E-state index contributed by atoms with van der Waals surface area (Å²) >= 11 is 0. The SMILES string of the molecule is Cc1ccnc(-c2[nH]c3c(F)cc(F)cc3c2-c2n[nH]c(=O)o2)c1. The predicted molar refractivity (Wildman–Crippen MR) is 82.3 cm³/mol. The molecule has 0 fully saturated rings. The van der Waals surface area contributed by atoms with E-state index >= 15 is 0 Å². The van der Waals surface area contributed by atoms with E-state index in [2.05, 4.69) is 20.2 Å². The number of benzene rings is 1. The quantitative estimate of drug-likeness (QED) is 0.592. The minimum absolute atomic E-state index is 0.0745. The molecule has 0 saturated carbocycles. The first-order valence-corrected chi connectivity index (χ1v) is 7.02. The second-order valence-electron chi connectivity index (χ2n) is 5.32. The fraction of sp³-hybridized carbons (Fsp3) is 0.0625. The van der Waals surface area contributed by atoms with Gasteiger partial charge in [0.25, 0.3) is 5.89 Å². The molecule has 1 aromatic carbocycles. The zero-order chi connectivity index (χ0) is 16.8. The molecule has 0 aliphatic rings. The molecule has 0 radical (unpaired) electrons. The molecule has 0 saturated heterocycles. The van der Waals surface area contributed by atoms with Crippen LogP contribution in [0, 0.1) is 18.6 Å². The van der Waals surface area contributed by atoms with Crippen molar-refractivity contribution in [3.05, 3.63) is 58.2 Å². The van der Waals surface area contributed by atoms with Gasteiger partial charge in [-0.15, -0.1) is 5.10 Å². The summed E-state index contributed by atoms with van der Waals surface area (Å²) in [6.07, 6.45) is 1.59. The normalized spacial score (nSPS) is 11.3. The maximum absolute atomic E-state index is 14.1. The number of hydrogen-bond acceptors (Lipinski definition) is 4. The zero-order valence-electron chi connectivity index (χ0n) is 12.4. The van der Waals surface area contributed by atoms with Crippen LogP contribution in [0.15, 0.2) is 39.7 Å². The van der Waals surface area contributed by atoms with Crippen molar-refractivity contribution in [2.45, 2.75) is 6.92 Å². The lowest BCUT2D eigenvalue weighted by atomic mass is 10.1. The Labute approximate surface area is 133 Å². The Morgan fingerprint density at radius 2 is 2.04 bits per heavy atom. The smallest absolute Gasteiger partial charge is 0.388 e. The van der Waals surface area contributed by atoms with Gasteiger partial charge in [0.1, 0.15) is 11.6 Å². The maximum atomic E-state index is 14.1. The second kappa shape index (κ2) is 5.12. The van der Waals surface area contributed by atoms with Crippen LogP contribution in [-0.2, 0) is 0 Å². The Morgan fingerprint density at radius 1 is 1.21 bits per heavy atom. The topological polar surface area (TPSA) is 87.6 Å². The van der Waals surface area contributed by atoms with Crippen LogP contribution in [0.25, 0.3) is 33.7 Å². The Kier molecular flexibility index (Phi) is 3.05. The van der Waals surface area contributed by atoms with Crippen molar-refractivity contribution in [2.75, 3.05) is 0 Å². The number of pyridine rings is 1. The third-order valence-corrected chi connectivity index (χ3v) is 3.65. The first-order chi connectivity index (χ1) is 11.5. The van der Waals surface area contributed by atoms with E-state index in [0.717, 1.165) is 17.7 Å². The molecular formula is C16H10F2N4O2. The van der Waals surface area contributed by atoms with Crippen LogP contribution >= 0.6 is 0 Å². The van der Waals surface area contributed by atoms with Crippen LogP contribution in [0.2, 0.25) is 0 Å². The van der Waals surface area contributed by atoms with Crippen molar-refractivity contribution in [3.63, 3.8) is 0 Å². The molecule has 4 aromatic rings. The highest BCUT2D eigenvalue weighted by Crippen LogP contribution is 2.37. The highest BCUT2D eigenvalue weighted by atomic mass is 19.1. The fourth-order valence-electron chi connectivity index (χ4n) is 2.64. The first-order valence-electron chi connectivity index (χ1n) is 7.02. The number of rotatable bonds is 2. The van der Waals surface area contributed by atoms with Crippen molar-refractivity contribution >= 4 is 10.9 Å². The molecule has 8 heteroatoms. The van der Waals surface area contributed by atoms with Gasteiger partial charge in [0, 0.05) is 17.6 Å². The number of H-pyrrole nitrogens is 2. The molecule has 4 rings (SSSR count). The molecule has 120 valence electrons. The third-order valence-electron chi connectivity index (χ3n) is 3.65. The van der Waals surface area contributed by atoms with Crippen LogP contribution in [0.4, 0.5) is 8.78 Å². The van der Waals surface area contributed by atoms with Crippen LogP contribution in [-0.4, -0.2) is 20.2 Å². The standard InChI is InChI=1S/C16H10F2N4O2/c1-7-2-3-19-11(4-7)14-12(15-21-22-16(23)24-15)9-5-8(17)6-10(18)13(9)20-14/h2-6,20H,1H3,(H,22,23).